The van der Waals surface area contributed by atoms with Crippen LogP contribution < -0.4 is 15.2 Å². The average molecular weight is 239 g/mol. The van der Waals surface area contributed by atoms with E-state index in [0.717, 1.165) is 0 Å². The summed E-state index contributed by atoms with van der Waals surface area (Å²) in [4.78, 5) is 10.4. The van der Waals surface area contributed by atoms with E-state index in [-0.39, 0.29) is 12.5 Å². The van der Waals surface area contributed by atoms with Crippen LogP contribution in [0.3, 0.4) is 0 Å². The number of hydrogen-bond donors (Lipinski definition) is 4. The van der Waals surface area contributed by atoms with Crippen LogP contribution in [-0.2, 0) is 15.0 Å². The molecule has 0 heterocycles. The van der Waals surface area contributed by atoms with Gasteiger partial charge in [0.2, 0.25) is 5.91 Å². The molecule has 0 rings (SSSR count). The lowest BCUT2D eigenvalue weighted by atomic mass is 10.2. The Morgan fingerprint density at radius 3 is 2.20 bits per heavy atom. The molecule has 0 aromatic carbocycles. The number of hydrogen-bond acceptors (Lipinski definition) is 4. The third-order valence-electron chi connectivity index (χ3n) is 1.48. The number of amides is 1. The third kappa shape index (κ3) is 7.25. The number of primary amides is 1. The minimum Gasteiger partial charge on any atom is -0.382 e. The first-order chi connectivity index (χ1) is 6.74. The van der Waals surface area contributed by atoms with Gasteiger partial charge in [0, 0.05) is 13.1 Å². The minimum atomic E-state index is -3.67. The van der Waals surface area contributed by atoms with E-state index in [1.807, 2.05) is 18.6 Å². The van der Waals surface area contributed by atoms with Gasteiger partial charge in [0.1, 0.15) is 6.10 Å². The van der Waals surface area contributed by atoms with Crippen molar-refractivity contribution in [3.63, 3.8) is 0 Å². The highest BCUT2D eigenvalue weighted by Crippen LogP contribution is 1.89. The van der Waals surface area contributed by atoms with Gasteiger partial charge in [0.25, 0.3) is 10.2 Å². The summed E-state index contributed by atoms with van der Waals surface area (Å²) >= 11 is 0. The van der Waals surface area contributed by atoms with E-state index in [4.69, 9.17) is 10.8 Å². The number of carbonyl (C=O) groups is 1. The van der Waals surface area contributed by atoms with Crippen LogP contribution in [0.15, 0.2) is 0 Å². The zero-order chi connectivity index (χ0) is 12.1. The standard InChI is InChI=1S/C7H17N3O4S/c1-5(2)3-9-15(13,14)10-4-6(11)7(8)12/h5-6,9-11H,3-4H2,1-2H3,(H2,8,12). The smallest absolute Gasteiger partial charge is 0.277 e. The van der Waals surface area contributed by atoms with Gasteiger partial charge in [-0.05, 0) is 5.92 Å². The van der Waals surface area contributed by atoms with Gasteiger partial charge in [-0.3, -0.25) is 4.79 Å². The molecule has 0 aliphatic carbocycles. The number of carbonyl (C=O) groups excluding carboxylic acids is 1. The van der Waals surface area contributed by atoms with Crippen molar-refractivity contribution in [3.8, 4) is 0 Å². The molecule has 0 radical (unpaired) electrons. The van der Waals surface area contributed by atoms with Crippen LogP contribution in [0.25, 0.3) is 0 Å². The molecule has 1 atom stereocenters. The van der Waals surface area contributed by atoms with E-state index >= 15 is 0 Å². The molecule has 0 saturated heterocycles. The maximum atomic E-state index is 11.2. The molecule has 7 nitrogen and oxygen atoms in total. The fourth-order valence-corrected chi connectivity index (χ4v) is 1.65. The van der Waals surface area contributed by atoms with Gasteiger partial charge in [-0.2, -0.15) is 13.1 Å². The molecule has 0 aliphatic rings. The van der Waals surface area contributed by atoms with Gasteiger partial charge in [0.05, 0.1) is 0 Å². The zero-order valence-corrected chi connectivity index (χ0v) is 9.54. The lowest BCUT2D eigenvalue weighted by molar-refractivity contribution is -0.125. The fourth-order valence-electron chi connectivity index (χ4n) is 0.617. The Balaban J connectivity index is 4.00. The van der Waals surface area contributed by atoms with Gasteiger partial charge < -0.3 is 10.8 Å². The molecule has 0 bridgehead atoms. The summed E-state index contributed by atoms with van der Waals surface area (Å²) in [6, 6.07) is 0. The number of rotatable bonds is 7. The maximum absolute atomic E-state index is 11.2. The van der Waals surface area contributed by atoms with E-state index < -0.39 is 28.8 Å². The highest BCUT2D eigenvalue weighted by atomic mass is 32.2. The molecule has 15 heavy (non-hydrogen) atoms. The summed E-state index contributed by atoms with van der Waals surface area (Å²) < 4.78 is 26.6. The molecule has 90 valence electrons. The molecule has 0 aromatic heterocycles. The summed E-state index contributed by atoms with van der Waals surface area (Å²) in [5.74, 6) is -0.802. The van der Waals surface area contributed by atoms with Crippen molar-refractivity contribution in [2.75, 3.05) is 13.1 Å². The maximum Gasteiger partial charge on any atom is 0.277 e. The van der Waals surface area contributed by atoms with Crippen LogP contribution >= 0.6 is 0 Å². The Hall–Kier alpha value is -0.700. The van der Waals surface area contributed by atoms with E-state index in [2.05, 4.69) is 4.72 Å². The summed E-state index contributed by atoms with van der Waals surface area (Å²) in [5, 5.41) is 8.94. The van der Waals surface area contributed by atoms with Gasteiger partial charge in [-0.25, -0.2) is 4.72 Å². The number of aliphatic hydroxyl groups excluding tert-OH is 1. The van der Waals surface area contributed by atoms with Crippen LogP contribution in [0.1, 0.15) is 13.8 Å². The Bertz CT molecular complexity index is 301. The van der Waals surface area contributed by atoms with Crippen LogP contribution in [0.2, 0.25) is 0 Å². The Morgan fingerprint density at radius 1 is 1.33 bits per heavy atom. The topological polar surface area (TPSA) is 122 Å². The molecular formula is C7H17N3O4S. The van der Waals surface area contributed by atoms with E-state index in [9.17, 15) is 13.2 Å². The van der Waals surface area contributed by atoms with Gasteiger partial charge >= 0.3 is 0 Å². The van der Waals surface area contributed by atoms with Crippen molar-refractivity contribution in [1.29, 1.82) is 0 Å². The molecule has 0 fully saturated rings. The second-order valence-corrected chi connectivity index (χ2v) is 5.10. The van der Waals surface area contributed by atoms with Crippen molar-refractivity contribution < 1.29 is 18.3 Å². The molecule has 0 aliphatic heterocycles. The predicted molar refractivity (Wildman–Crippen MR) is 55.0 cm³/mol. The minimum absolute atomic E-state index is 0.169. The molecule has 8 heteroatoms. The summed E-state index contributed by atoms with van der Waals surface area (Å²) in [6.07, 6.45) is -1.51. The van der Waals surface area contributed by atoms with E-state index in [1.54, 1.807) is 0 Å². The molecule has 5 N–H and O–H groups in total. The first kappa shape index (κ1) is 14.3. The first-order valence-corrected chi connectivity index (χ1v) is 5.94. The second kappa shape index (κ2) is 6.01. The van der Waals surface area contributed by atoms with Crippen molar-refractivity contribution in [1.82, 2.24) is 9.44 Å². The molecule has 0 aromatic rings. The van der Waals surface area contributed by atoms with Crippen molar-refractivity contribution in [3.05, 3.63) is 0 Å². The SMILES string of the molecule is CC(C)CNS(=O)(=O)NCC(O)C(N)=O. The summed E-state index contributed by atoms with van der Waals surface area (Å²) in [5.41, 5.74) is 4.74. The quantitative estimate of drug-likeness (QED) is 0.407. The van der Waals surface area contributed by atoms with Crippen LogP contribution in [0, 0.1) is 5.92 Å². The molecule has 1 unspecified atom stereocenters. The summed E-state index contributed by atoms with van der Waals surface area (Å²) in [7, 11) is -3.67. The van der Waals surface area contributed by atoms with Crippen LogP contribution in [0.5, 0.6) is 0 Å². The van der Waals surface area contributed by atoms with E-state index in [1.165, 1.54) is 0 Å². The Morgan fingerprint density at radius 2 is 1.80 bits per heavy atom. The van der Waals surface area contributed by atoms with Crippen molar-refractivity contribution in [2.24, 2.45) is 11.7 Å². The monoisotopic (exact) mass is 239 g/mol. The van der Waals surface area contributed by atoms with Gasteiger partial charge in [0.15, 0.2) is 0 Å². The number of nitrogens with one attached hydrogen (secondary N) is 2. The molecular weight excluding hydrogens is 222 g/mol. The molecule has 0 saturated carbocycles. The van der Waals surface area contributed by atoms with Crippen LogP contribution in [0.4, 0.5) is 0 Å². The van der Waals surface area contributed by atoms with Gasteiger partial charge in [-0.1, -0.05) is 13.8 Å². The number of nitrogens with two attached hydrogens (primary N) is 1. The normalized spacial score (nSPS) is 14.1. The largest absolute Gasteiger partial charge is 0.382 e. The Labute approximate surface area is 89.2 Å². The zero-order valence-electron chi connectivity index (χ0n) is 8.73. The number of aliphatic hydroxyl groups is 1. The summed E-state index contributed by atoms with van der Waals surface area (Å²) in [6.45, 7) is 3.55. The Kier molecular flexibility index (Phi) is 5.73. The highest BCUT2D eigenvalue weighted by molar-refractivity contribution is 7.87. The lowest BCUT2D eigenvalue weighted by Gasteiger charge is -2.11. The average Bonchev–Trinajstić information content (AvgIpc) is 2.11. The van der Waals surface area contributed by atoms with Crippen LogP contribution in [-0.4, -0.2) is 38.6 Å². The highest BCUT2D eigenvalue weighted by Gasteiger charge is 2.15. The molecule has 0 spiro atoms. The van der Waals surface area contributed by atoms with Crippen molar-refractivity contribution in [2.45, 2.75) is 20.0 Å². The van der Waals surface area contributed by atoms with Gasteiger partial charge in [-0.15, -0.1) is 0 Å². The van der Waals surface area contributed by atoms with E-state index in [0.29, 0.717) is 0 Å². The predicted octanol–water partition coefficient (Wildman–Crippen LogP) is -2.09. The molecule has 1 amide bonds. The lowest BCUT2D eigenvalue weighted by Crippen LogP contribution is -2.45. The second-order valence-electron chi connectivity index (χ2n) is 3.51. The fraction of sp³-hybridized carbons (Fsp3) is 0.857. The first-order valence-electron chi connectivity index (χ1n) is 4.46. The van der Waals surface area contributed by atoms with Crippen molar-refractivity contribution >= 4 is 16.1 Å². The third-order valence-corrected chi connectivity index (χ3v) is 2.57.